The van der Waals surface area contributed by atoms with Crippen molar-refractivity contribution in [3.63, 3.8) is 0 Å². The van der Waals surface area contributed by atoms with Gasteiger partial charge in [0.2, 0.25) is 0 Å². The Morgan fingerprint density at radius 1 is 1.57 bits per heavy atom. The first-order valence-electron chi connectivity index (χ1n) is 5.76. The van der Waals surface area contributed by atoms with Crippen molar-refractivity contribution < 1.29 is 5.11 Å². The Labute approximate surface area is 87.4 Å². The van der Waals surface area contributed by atoms with Crippen LogP contribution in [0, 0.1) is 5.92 Å². The minimum absolute atomic E-state index is 0.0610. The van der Waals surface area contributed by atoms with Crippen molar-refractivity contribution in [3.05, 3.63) is 12.7 Å². The maximum atomic E-state index is 9.62. The second-order valence-electron chi connectivity index (χ2n) is 4.43. The van der Waals surface area contributed by atoms with Gasteiger partial charge in [0, 0.05) is 12.6 Å². The van der Waals surface area contributed by atoms with E-state index >= 15 is 0 Å². The number of aliphatic hydroxyl groups excluding tert-OH is 1. The molecule has 0 amide bonds. The number of hydrogen-bond donors (Lipinski definition) is 2. The van der Waals surface area contributed by atoms with Crippen LogP contribution in [0.1, 0.15) is 39.0 Å². The molecule has 0 bridgehead atoms. The Balaban J connectivity index is 2.09. The van der Waals surface area contributed by atoms with E-state index in [1.165, 1.54) is 12.8 Å². The van der Waals surface area contributed by atoms with Gasteiger partial charge < -0.3 is 10.4 Å². The Morgan fingerprint density at radius 2 is 2.36 bits per heavy atom. The SMILES string of the molecule is C=CCCC(C)NCC1CCCC1O. The molecule has 1 aliphatic carbocycles. The molecule has 82 valence electrons. The van der Waals surface area contributed by atoms with Crippen LogP contribution < -0.4 is 5.32 Å². The summed E-state index contributed by atoms with van der Waals surface area (Å²) in [5, 5.41) is 13.1. The molecular weight excluding hydrogens is 174 g/mol. The molecule has 2 heteroatoms. The molecule has 0 heterocycles. The third-order valence-corrected chi connectivity index (χ3v) is 3.15. The van der Waals surface area contributed by atoms with Crippen LogP contribution in [0.3, 0.4) is 0 Å². The predicted molar refractivity (Wildman–Crippen MR) is 60.2 cm³/mol. The molecule has 2 N–H and O–H groups in total. The molecule has 1 aliphatic rings. The first-order chi connectivity index (χ1) is 6.74. The topological polar surface area (TPSA) is 32.3 Å². The van der Waals surface area contributed by atoms with Crippen LogP contribution in [0.25, 0.3) is 0 Å². The van der Waals surface area contributed by atoms with Crippen molar-refractivity contribution in [1.82, 2.24) is 5.32 Å². The molecule has 1 fully saturated rings. The second-order valence-corrected chi connectivity index (χ2v) is 4.43. The quantitative estimate of drug-likeness (QED) is 0.639. The predicted octanol–water partition coefficient (Wildman–Crippen LogP) is 2.09. The molecule has 2 nitrogen and oxygen atoms in total. The summed E-state index contributed by atoms with van der Waals surface area (Å²) >= 11 is 0. The monoisotopic (exact) mass is 197 g/mol. The van der Waals surface area contributed by atoms with Gasteiger partial charge in [-0.05, 0) is 38.5 Å². The molecule has 0 aromatic heterocycles. The van der Waals surface area contributed by atoms with Crippen molar-refractivity contribution in [1.29, 1.82) is 0 Å². The lowest BCUT2D eigenvalue weighted by Gasteiger charge is -2.19. The van der Waals surface area contributed by atoms with Gasteiger partial charge >= 0.3 is 0 Å². The van der Waals surface area contributed by atoms with E-state index in [9.17, 15) is 5.11 Å². The average molecular weight is 197 g/mol. The van der Waals surface area contributed by atoms with Gasteiger partial charge in [0.05, 0.1) is 6.10 Å². The smallest absolute Gasteiger partial charge is 0.0580 e. The molecule has 1 rings (SSSR count). The molecule has 0 aromatic carbocycles. The van der Waals surface area contributed by atoms with Crippen LogP contribution in [-0.2, 0) is 0 Å². The second kappa shape index (κ2) is 6.20. The van der Waals surface area contributed by atoms with E-state index < -0.39 is 0 Å². The molecule has 0 spiro atoms. The van der Waals surface area contributed by atoms with E-state index in [2.05, 4.69) is 18.8 Å². The Morgan fingerprint density at radius 3 is 2.93 bits per heavy atom. The van der Waals surface area contributed by atoms with Gasteiger partial charge in [0.15, 0.2) is 0 Å². The molecule has 0 aromatic rings. The highest BCUT2D eigenvalue weighted by molar-refractivity contribution is 4.79. The van der Waals surface area contributed by atoms with Crippen LogP contribution in [0.15, 0.2) is 12.7 Å². The maximum absolute atomic E-state index is 9.62. The zero-order valence-electron chi connectivity index (χ0n) is 9.21. The van der Waals surface area contributed by atoms with Gasteiger partial charge in [-0.3, -0.25) is 0 Å². The highest BCUT2D eigenvalue weighted by Gasteiger charge is 2.24. The number of allylic oxidation sites excluding steroid dienone is 1. The van der Waals surface area contributed by atoms with Crippen LogP contribution in [0.4, 0.5) is 0 Å². The van der Waals surface area contributed by atoms with Gasteiger partial charge in [0.1, 0.15) is 0 Å². The van der Waals surface area contributed by atoms with E-state index in [0.717, 1.165) is 25.8 Å². The minimum Gasteiger partial charge on any atom is -0.393 e. The minimum atomic E-state index is -0.0610. The standard InChI is InChI=1S/C12H23NO/c1-3-4-6-10(2)13-9-11-7-5-8-12(11)14/h3,10-14H,1,4-9H2,2H3. The van der Waals surface area contributed by atoms with Crippen LogP contribution in [0.2, 0.25) is 0 Å². The zero-order valence-corrected chi connectivity index (χ0v) is 9.21. The lowest BCUT2D eigenvalue weighted by Crippen LogP contribution is -2.33. The van der Waals surface area contributed by atoms with Crippen molar-refractivity contribution in [2.45, 2.75) is 51.2 Å². The third-order valence-electron chi connectivity index (χ3n) is 3.15. The summed E-state index contributed by atoms with van der Waals surface area (Å²) in [6.07, 6.45) is 7.48. The van der Waals surface area contributed by atoms with Crippen molar-refractivity contribution >= 4 is 0 Å². The molecule has 0 saturated heterocycles. The molecule has 0 radical (unpaired) electrons. The van der Waals surface area contributed by atoms with Gasteiger partial charge in [-0.1, -0.05) is 12.5 Å². The fourth-order valence-corrected chi connectivity index (χ4v) is 2.08. The van der Waals surface area contributed by atoms with Crippen LogP contribution in [0.5, 0.6) is 0 Å². The Bertz CT molecular complexity index is 170. The van der Waals surface area contributed by atoms with E-state index in [1.807, 2.05) is 6.08 Å². The molecule has 3 atom stereocenters. The van der Waals surface area contributed by atoms with E-state index in [-0.39, 0.29) is 6.10 Å². The van der Waals surface area contributed by atoms with E-state index in [1.54, 1.807) is 0 Å². The maximum Gasteiger partial charge on any atom is 0.0580 e. The lowest BCUT2D eigenvalue weighted by molar-refractivity contribution is 0.130. The summed E-state index contributed by atoms with van der Waals surface area (Å²) in [6.45, 7) is 6.89. The first-order valence-corrected chi connectivity index (χ1v) is 5.76. The lowest BCUT2D eigenvalue weighted by atomic mass is 10.1. The summed E-state index contributed by atoms with van der Waals surface area (Å²) in [7, 11) is 0. The number of nitrogens with one attached hydrogen (secondary N) is 1. The van der Waals surface area contributed by atoms with E-state index in [4.69, 9.17) is 0 Å². The summed E-state index contributed by atoms with van der Waals surface area (Å²) in [5.41, 5.74) is 0. The molecule has 14 heavy (non-hydrogen) atoms. The van der Waals surface area contributed by atoms with Crippen LogP contribution in [-0.4, -0.2) is 23.8 Å². The fraction of sp³-hybridized carbons (Fsp3) is 0.833. The van der Waals surface area contributed by atoms with Gasteiger partial charge in [-0.2, -0.15) is 0 Å². The van der Waals surface area contributed by atoms with Crippen molar-refractivity contribution in [2.75, 3.05) is 6.54 Å². The van der Waals surface area contributed by atoms with Crippen molar-refractivity contribution in [3.8, 4) is 0 Å². The summed E-state index contributed by atoms with van der Waals surface area (Å²) in [6, 6.07) is 0.542. The summed E-state index contributed by atoms with van der Waals surface area (Å²) < 4.78 is 0. The van der Waals surface area contributed by atoms with Gasteiger partial charge in [-0.15, -0.1) is 6.58 Å². The van der Waals surface area contributed by atoms with E-state index in [0.29, 0.717) is 12.0 Å². The zero-order chi connectivity index (χ0) is 10.4. The normalized spacial score (nSPS) is 29.0. The van der Waals surface area contributed by atoms with Gasteiger partial charge in [0.25, 0.3) is 0 Å². The summed E-state index contributed by atoms with van der Waals surface area (Å²) in [5.74, 6) is 0.487. The van der Waals surface area contributed by atoms with Crippen LogP contribution >= 0.6 is 0 Å². The fourth-order valence-electron chi connectivity index (χ4n) is 2.08. The molecule has 0 aliphatic heterocycles. The number of hydrogen-bond acceptors (Lipinski definition) is 2. The number of aliphatic hydroxyl groups is 1. The van der Waals surface area contributed by atoms with Crippen molar-refractivity contribution in [2.24, 2.45) is 5.92 Å². The molecular formula is C12H23NO. The highest BCUT2D eigenvalue weighted by atomic mass is 16.3. The first kappa shape index (κ1) is 11.7. The largest absolute Gasteiger partial charge is 0.393 e. The van der Waals surface area contributed by atoms with Gasteiger partial charge in [-0.25, -0.2) is 0 Å². The molecule has 3 unspecified atom stereocenters. The highest BCUT2D eigenvalue weighted by Crippen LogP contribution is 2.24. The Kier molecular flexibility index (Phi) is 5.20. The summed E-state index contributed by atoms with van der Waals surface area (Å²) in [4.78, 5) is 0. The molecule has 1 saturated carbocycles. The third kappa shape index (κ3) is 3.81. The number of rotatable bonds is 6. The Hall–Kier alpha value is -0.340. The average Bonchev–Trinajstić information content (AvgIpc) is 2.58.